The van der Waals surface area contributed by atoms with Crippen molar-refractivity contribution in [2.45, 2.75) is 39.5 Å². The minimum Gasteiger partial charge on any atom is -0.346 e. The van der Waals surface area contributed by atoms with Gasteiger partial charge in [0.05, 0.1) is 13.1 Å². The number of nitrogens with one attached hydrogen (secondary N) is 2. The third-order valence-electron chi connectivity index (χ3n) is 4.26. The molecule has 0 spiro atoms. The van der Waals surface area contributed by atoms with Crippen LogP contribution in [0.25, 0.3) is 0 Å². The van der Waals surface area contributed by atoms with Crippen LogP contribution in [-0.2, 0) is 9.59 Å². The second-order valence-electron chi connectivity index (χ2n) is 6.28. The zero-order chi connectivity index (χ0) is 16.7. The summed E-state index contributed by atoms with van der Waals surface area (Å²) >= 11 is 0. The van der Waals surface area contributed by atoms with Crippen molar-refractivity contribution in [3.8, 4) is 0 Å². The van der Waals surface area contributed by atoms with Crippen LogP contribution in [0, 0.1) is 13.8 Å². The predicted octanol–water partition coefficient (Wildman–Crippen LogP) is 2.23. The number of anilines is 1. The second-order valence-corrected chi connectivity index (χ2v) is 6.28. The summed E-state index contributed by atoms with van der Waals surface area (Å²) in [6.45, 7) is 6.27. The van der Waals surface area contributed by atoms with E-state index in [9.17, 15) is 9.59 Å². The summed E-state index contributed by atoms with van der Waals surface area (Å²) in [5.41, 5.74) is 2.88. The number of nitrogens with zero attached hydrogens (tertiary/aromatic N) is 1. The van der Waals surface area contributed by atoms with Crippen LogP contribution < -0.4 is 10.6 Å². The largest absolute Gasteiger partial charge is 0.346 e. The fourth-order valence-electron chi connectivity index (χ4n) is 2.93. The molecule has 1 aliphatic heterocycles. The number of benzene rings is 1. The first-order valence-corrected chi connectivity index (χ1v) is 8.41. The standard InChI is InChI=1S/C18H27N3O2/c1-14-8-7-9-15(2)18(14)20-16(22)12-19-17(23)13-21-10-5-3-4-6-11-21/h7-9H,3-6,10-13H2,1-2H3,(H,19,23)(H,20,22). The number of amides is 2. The van der Waals surface area contributed by atoms with Gasteiger partial charge in [0.2, 0.25) is 11.8 Å². The molecule has 0 bridgehead atoms. The third-order valence-corrected chi connectivity index (χ3v) is 4.26. The molecule has 1 fully saturated rings. The molecular formula is C18H27N3O2. The Balaban J connectivity index is 1.76. The maximum Gasteiger partial charge on any atom is 0.243 e. The van der Waals surface area contributed by atoms with Gasteiger partial charge in [-0.25, -0.2) is 0 Å². The lowest BCUT2D eigenvalue weighted by molar-refractivity contribution is -0.125. The maximum absolute atomic E-state index is 12.0. The molecule has 5 nitrogen and oxygen atoms in total. The molecule has 1 aromatic carbocycles. The number of para-hydroxylation sites is 1. The van der Waals surface area contributed by atoms with E-state index < -0.39 is 0 Å². The molecule has 0 unspecified atom stereocenters. The van der Waals surface area contributed by atoms with E-state index in [1.54, 1.807) is 0 Å². The van der Waals surface area contributed by atoms with Crippen LogP contribution in [-0.4, -0.2) is 42.9 Å². The SMILES string of the molecule is Cc1cccc(C)c1NC(=O)CNC(=O)CN1CCCCCC1. The van der Waals surface area contributed by atoms with Crippen molar-refractivity contribution in [2.75, 3.05) is 31.5 Å². The fourth-order valence-corrected chi connectivity index (χ4v) is 2.93. The maximum atomic E-state index is 12.0. The minimum absolute atomic E-state index is 0.0143. The van der Waals surface area contributed by atoms with Gasteiger partial charge >= 0.3 is 0 Å². The summed E-state index contributed by atoms with van der Waals surface area (Å²) in [5, 5.41) is 5.60. The number of rotatable bonds is 5. The van der Waals surface area contributed by atoms with Gasteiger partial charge in [0.25, 0.3) is 0 Å². The number of likely N-dealkylation sites (tertiary alicyclic amines) is 1. The van der Waals surface area contributed by atoms with Crippen LogP contribution in [0.1, 0.15) is 36.8 Å². The molecule has 1 aliphatic rings. The highest BCUT2D eigenvalue weighted by molar-refractivity contribution is 5.95. The van der Waals surface area contributed by atoms with Crippen LogP contribution in [0.3, 0.4) is 0 Å². The average Bonchev–Trinajstić information content (AvgIpc) is 2.78. The molecular weight excluding hydrogens is 290 g/mol. The minimum atomic E-state index is -0.188. The Hall–Kier alpha value is -1.88. The van der Waals surface area contributed by atoms with E-state index in [0.29, 0.717) is 6.54 Å². The van der Waals surface area contributed by atoms with Crippen LogP contribution >= 0.6 is 0 Å². The molecule has 126 valence electrons. The van der Waals surface area contributed by atoms with E-state index in [0.717, 1.165) is 42.7 Å². The first-order chi connectivity index (χ1) is 11.1. The van der Waals surface area contributed by atoms with Crippen LogP contribution in [0.5, 0.6) is 0 Å². The molecule has 2 amide bonds. The van der Waals surface area contributed by atoms with E-state index in [1.807, 2.05) is 32.0 Å². The average molecular weight is 317 g/mol. The van der Waals surface area contributed by atoms with Gasteiger partial charge < -0.3 is 10.6 Å². The van der Waals surface area contributed by atoms with Crippen molar-refractivity contribution in [3.63, 3.8) is 0 Å². The third kappa shape index (κ3) is 5.67. The summed E-state index contributed by atoms with van der Waals surface area (Å²) in [6, 6.07) is 5.88. The first kappa shape index (κ1) is 17.5. The molecule has 0 radical (unpaired) electrons. The highest BCUT2D eigenvalue weighted by Gasteiger charge is 2.14. The number of carbonyl (C=O) groups is 2. The Labute approximate surface area is 138 Å². The van der Waals surface area contributed by atoms with Gasteiger partial charge in [0, 0.05) is 5.69 Å². The van der Waals surface area contributed by atoms with Gasteiger partial charge in [-0.2, -0.15) is 0 Å². The Morgan fingerprint density at radius 3 is 2.22 bits per heavy atom. The monoisotopic (exact) mass is 317 g/mol. The van der Waals surface area contributed by atoms with Gasteiger partial charge in [0.15, 0.2) is 0 Å². The quantitative estimate of drug-likeness (QED) is 0.875. The van der Waals surface area contributed by atoms with Crippen molar-refractivity contribution in [3.05, 3.63) is 29.3 Å². The summed E-state index contributed by atoms with van der Waals surface area (Å²) in [5.74, 6) is -0.268. The van der Waals surface area contributed by atoms with E-state index in [2.05, 4.69) is 15.5 Å². The highest BCUT2D eigenvalue weighted by atomic mass is 16.2. The summed E-state index contributed by atoms with van der Waals surface area (Å²) in [4.78, 5) is 26.2. The molecule has 23 heavy (non-hydrogen) atoms. The second kappa shape index (κ2) is 8.67. The van der Waals surface area contributed by atoms with Gasteiger partial charge in [0.1, 0.15) is 0 Å². The van der Waals surface area contributed by atoms with Crippen molar-refractivity contribution in [2.24, 2.45) is 0 Å². The smallest absolute Gasteiger partial charge is 0.243 e. The summed E-state index contributed by atoms with van der Waals surface area (Å²) in [6.07, 6.45) is 4.80. The number of carbonyl (C=O) groups excluding carboxylic acids is 2. The molecule has 0 saturated carbocycles. The van der Waals surface area contributed by atoms with Gasteiger partial charge in [-0.05, 0) is 50.9 Å². The predicted molar refractivity (Wildman–Crippen MR) is 92.5 cm³/mol. The topological polar surface area (TPSA) is 61.4 Å². The van der Waals surface area contributed by atoms with Crippen molar-refractivity contribution in [1.29, 1.82) is 0 Å². The van der Waals surface area contributed by atoms with Crippen molar-refractivity contribution >= 4 is 17.5 Å². The molecule has 1 saturated heterocycles. The van der Waals surface area contributed by atoms with Gasteiger partial charge in [-0.3, -0.25) is 14.5 Å². The van der Waals surface area contributed by atoms with E-state index in [1.165, 1.54) is 12.8 Å². The molecule has 0 aromatic heterocycles. The first-order valence-electron chi connectivity index (χ1n) is 8.41. The normalized spacial score (nSPS) is 15.7. The number of hydrogen-bond acceptors (Lipinski definition) is 3. The molecule has 5 heteroatoms. The molecule has 2 N–H and O–H groups in total. The van der Waals surface area contributed by atoms with Crippen molar-refractivity contribution < 1.29 is 9.59 Å². The molecule has 1 aromatic rings. The molecule has 2 rings (SSSR count). The lowest BCUT2D eigenvalue weighted by atomic mass is 10.1. The van der Waals surface area contributed by atoms with Crippen LogP contribution in [0.2, 0.25) is 0 Å². The van der Waals surface area contributed by atoms with Gasteiger partial charge in [-0.1, -0.05) is 31.0 Å². The molecule has 1 heterocycles. The number of hydrogen-bond donors (Lipinski definition) is 2. The Bertz CT molecular complexity index is 529. The van der Waals surface area contributed by atoms with Crippen LogP contribution in [0.15, 0.2) is 18.2 Å². The van der Waals surface area contributed by atoms with E-state index in [4.69, 9.17) is 0 Å². The fraction of sp³-hybridized carbons (Fsp3) is 0.556. The van der Waals surface area contributed by atoms with Crippen LogP contribution in [0.4, 0.5) is 5.69 Å². The van der Waals surface area contributed by atoms with E-state index >= 15 is 0 Å². The summed E-state index contributed by atoms with van der Waals surface area (Å²) < 4.78 is 0. The Morgan fingerprint density at radius 2 is 1.61 bits per heavy atom. The number of aryl methyl sites for hydroxylation is 2. The Kier molecular flexibility index (Phi) is 6.59. The Morgan fingerprint density at radius 1 is 1.00 bits per heavy atom. The summed E-state index contributed by atoms with van der Waals surface area (Å²) in [7, 11) is 0. The van der Waals surface area contributed by atoms with Gasteiger partial charge in [-0.15, -0.1) is 0 Å². The van der Waals surface area contributed by atoms with Crippen molar-refractivity contribution in [1.82, 2.24) is 10.2 Å². The zero-order valence-corrected chi connectivity index (χ0v) is 14.2. The zero-order valence-electron chi connectivity index (χ0n) is 14.2. The lowest BCUT2D eigenvalue weighted by Crippen LogP contribution is -2.40. The molecule has 0 atom stereocenters. The lowest BCUT2D eigenvalue weighted by Gasteiger charge is -2.19. The van der Waals surface area contributed by atoms with E-state index in [-0.39, 0.29) is 18.4 Å². The highest BCUT2D eigenvalue weighted by Crippen LogP contribution is 2.18. The molecule has 0 aliphatic carbocycles.